The Morgan fingerprint density at radius 3 is 2.76 bits per heavy atom. The van der Waals surface area contributed by atoms with Crippen LogP contribution in [0, 0.1) is 6.92 Å². The molecule has 0 aliphatic heterocycles. The fraction of sp³-hybridized carbons (Fsp3) is 0.143. The number of nitrogens with zero attached hydrogens (tertiary/aromatic N) is 4. The molecule has 0 aliphatic carbocycles. The number of fused-ring (bicyclic) bond motifs is 1. The van der Waals surface area contributed by atoms with Crippen LogP contribution < -0.4 is 11.1 Å². The number of para-hydroxylation sites is 1. The van der Waals surface area contributed by atoms with Crippen LogP contribution in [-0.4, -0.2) is 25.7 Å². The summed E-state index contributed by atoms with van der Waals surface area (Å²) in [5.74, 6) is 0.175. The van der Waals surface area contributed by atoms with Gasteiger partial charge in [0.1, 0.15) is 5.52 Å². The topological polar surface area (TPSA) is 98.7 Å². The third kappa shape index (κ3) is 2.18. The number of nitrogen functional groups attached to an aromatic ring is 1. The number of aryl methyl sites for hydroxylation is 2. The van der Waals surface area contributed by atoms with Crippen LogP contribution in [0.4, 0.5) is 11.5 Å². The molecule has 2 aromatic heterocycles. The Labute approximate surface area is 120 Å². The van der Waals surface area contributed by atoms with E-state index in [0.717, 1.165) is 0 Å². The van der Waals surface area contributed by atoms with Crippen LogP contribution in [0.15, 0.2) is 30.6 Å². The lowest BCUT2D eigenvalue weighted by Gasteiger charge is -2.08. The quantitative estimate of drug-likeness (QED) is 0.742. The second kappa shape index (κ2) is 4.86. The number of carbonyl (C=O) groups is 1. The van der Waals surface area contributed by atoms with Gasteiger partial charge >= 0.3 is 0 Å². The maximum Gasteiger partial charge on any atom is 0.259 e. The largest absolute Gasteiger partial charge is 0.394 e. The first-order valence-corrected chi connectivity index (χ1v) is 6.38. The van der Waals surface area contributed by atoms with Gasteiger partial charge in [-0.25, -0.2) is 0 Å². The van der Waals surface area contributed by atoms with Crippen LogP contribution in [0.5, 0.6) is 0 Å². The Balaban J connectivity index is 2.02. The van der Waals surface area contributed by atoms with Crippen molar-refractivity contribution in [3.63, 3.8) is 0 Å². The summed E-state index contributed by atoms with van der Waals surface area (Å²) >= 11 is 0. The molecule has 0 bridgehead atoms. The molecule has 21 heavy (non-hydrogen) atoms. The van der Waals surface area contributed by atoms with Crippen LogP contribution in [0.25, 0.3) is 11.0 Å². The van der Waals surface area contributed by atoms with E-state index in [-0.39, 0.29) is 5.91 Å². The molecule has 0 saturated heterocycles. The molecule has 3 aromatic rings. The molecule has 106 valence electrons. The van der Waals surface area contributed by atoms with E-state index in [0.29, 0.717) is 33.8 Å². The highest BCUT2D eigenvalue weighted by Crippen LogP contribution is 2.22. The summed E-state index contributed by atoms with van der Waals surface area (Å²) < 4.78 is 1.54. The fourth-order valence-corrected chi connectivity index (χ4v) is 2.17. The predicted molar refractivity (Wildman–Crippen MR) is 79.8 cm³/mol. The first kappa shape index (κ1) is 13.0. The second-order valence-electron chi connectivity index (χ2n) is 4.66. The third-order valence-electron chi connectivity index (χ3n) is 3.24. The monoisotopic (exact) mass is 282 g/mol. The molecule has 1 aromatic carbocycles. The van der Waals surface area contributed by atoms with Crippen LogP contribution >= 0.6 is 0 Å². The standard InChI is InChI=1S/C14H14N6O/c1-8-11(15)13(20(2)19-8)18-14(21)9-4-3-5-10-12(9)17-7-6-16-10/h3-7H,15H2,1-2H3,(H,18,21). The second-order valence-corrected chi connectivity index (χ2v) is 4.66. The molecule has 3 rings (SSSR count). The highest BCUT2D eigenvalue weighted by molar-refractivity contribution is 6.11. The number of rotatable bonds is 2. The zero-order valence-electron chi connectivity index (χ0n) is 11.7. The molecule has 7 nitrogen and oxygen atoms in total. The van der Waals surface area contributed by atoms with Gasteiger partial charge in [-0.1, -0.05) is 6.07 Å². The van der Waals surface area contributed by atoms with Crippen LogP contribution in [-0.2, 0) is 7.05 Å². The highest BCUT2D eigenvalue weighted by atomic mass is 16.1. The predicted octanol–water partition coefficient (Wildman–Crippen LogP) is 1.51. The van der Waals surface area contributed by atoms with Crippen molar-refractivity contribution >= 4 is 28.4 Å². The normalized spacial score (nSPS) is 10.8. The van der Waals surface area contributed by atoms with Gasteiger partial charge in [0.2, 0.25) is 0 Å². The SMILES string of the molecule is Cc1nn(C)c(NC(=O)c2cccc3nccnc23)c1N. The Morgan fingerprint density at radius 1 is 1.29 bits per heavy atom. The summed E-state index contributed by atoms with van der Waals surface area (Å²) in [5.41, 5.74) is 8.70. The first-order chi connectivity index (χ1) is 10.1. The molecule has 0 aliphatic rings. The van der Waals surface area contributed by atoms with E-state index in [1.165, 1.54) is 0 Å². The molecular formula is C14H14N6O. The maximum atomic E-state index is 12.5. The van der Waals surface area contributed by atoms with Crippen LogP contribution in [0.3, 0.4) is 0 Å². The van der Waals surface area contributed by atoms with Gasteiger partial charge in [-0.3, -0.25) is 19.4 Å². The summed E-state index contributed by atoms with van der Waals surface area (Å²) in [7, 11) is 1.72. The average molecular weight is 282 g/mol. The van der Waals surface area contributed by atoms with Gasteiger partial charge in [0.05, 0.1) is 22.5 Å². The van der Waals surface area contributed by atoms with Gasteiger partial charge in [0.25, 0.3) is 5.91 Å². The summed E-state index contributed by atoms with van der Waals surface area (Å²) in [6, 6.07) is 5.28. The fourth-order valence-electron chi connectivity index (χ4n) is 2.17. The third-order valence-corrected chi connectivity index (χ3v) is 3.24. The zero-order chi connectivity index (χ0) is 15.0. The Kier molecular flexibility index (Phi) is 3.02. The van der Waals surface area contributed by atoms with E-state index in [1.54, 1.807) is 43.2 Å². The minimum Gasteiger partial charge on any atom is -0.394 e. The molecule has 3 N–H and O–H groups in total. The maximum absolute atomic E-state index is 12.5. The summed E-state index contributed by atoms with van der Waals surface area (Å²) in [4.78, 5) is 20.9. The van der Waals surface area contributed by atoms with Gasteiger partial charge in [0, 0.05) is 19.4 Å². The number of benzene rings is 1. The lowest BCUT2D eigenvalue weighted by molar-refractivity contribution is 0.102. The number of hydrogen-bond donors (Lipinski definition) is 2. The van der Waals surface area contributed by atoms with Gasteiger partial charge in [-0.05, 0) is 19.1 Å². The number of hydrogen-bond acceptors (Lipinski definition) is 5. The zero-order valence-corrected chi connectivity index (χ0v) is 11.7. The summed E-state index contributed by atoms with van der Waals surface area (Å²) in [6.07, 6.45) is 3.15. The Morgan fingerprint density at radius 2 is 2.05 bits per heavy atom. The van der Waals surface area contributed by atoms with Crippen LogP contribution in [0.1, 0.15) is 16.1 Å². The number of aromatic nitrogens is 4. The molecule has 2 heterocycles. The molecule has 0 unspecified atom stereocenters. The molecule has 0 spiro atoms. The van der Waals surface area contributed by atoms with Crippen LogP contribution in [0.2, 0.25) is 0 Å². The highest BCUT2D eigenvalue weighted by Gasteiger charge is 2.16. The number of amides is 1. The molecule has 0 fully saturated rings. The van der Waals surface area contributed by atoms with Gasteiger partial charge < -0.3 is 11.1 Å². The van der Waals surface area contributed by atoms with Crippen molar-refractivity contribution in [1.82, 2.24) is 19.7 Å². The Hall–Kier alpha value is -2.96. The van der Waals surface area contributed by atoms with Crippen molar-refractivity contribution in [2.75, 3.05) is 11.1 Å². The molecule has 1 amide bonds. The van der Waals surface area contributed by atoms with Crippen molar-refractivity contribution in [2.45, 2.75) is 6.92 Å². The van der Waals surface area contributed by atoms with Crippen molar-refractivity contribution < 1.29 is 4.79 Å². The smallest absolute Gasteiger partial charge is 0.259 e. The summed E-state index contributed by atoms with van der Waals surface area (Å²) in [5, 5.41) is 6.95. The van der Waals surface area contributed by atoms with Gasteiger partial charge in [-0.2, -0.15) is 5.10 Å². The van der Waals surface area contributed by atoms with E-state index in [1.807, 2.05) is 6.07 Å². The van der Waals surface area contributed by atoms with E-state index < -0.39 is 0 Å². The van der Waals surface area contributed by atoms with Crippen molar-refractivity contribution in [1.29, 1.82) is 0 Å². The van der Waals surface area contributed by atoms with E-state index in [2.05, 4.69) is 20.4 Å². The number of anilines is 2. The molecule has 0 atom stereocenters. The lowest BCUT2D eigenvalue weighted by atomic mass is 10.1. The van der Waals surface area contributed by atoms with E-state index in [9.17, 15) is 4.79 Å². The minimum atomic E-state index is -0.296. The van der Waals surface area contributed by atoms with E-state index in [4.69, 9.17) is 5.73 Å². The molecule has 0 saturated carbocycles. The number of nitrogens with two attached hydrogens (primary N) is 1. The van der Waals surface area contributed by atoms with Gasteiger partial charge in [-0.15, -0.1) is 0 Å². The van der Waals surface area contributed by atoms with E-state index >= 15 is 0 Å². The van der Waals surface area contributed by atoms with Crippen molar-refractivity contribution in [3.8, 4) is 0 Å². The van der Waals surface area contributed by atoms with Gasteiger partial charge in [0.15, 0.2) is 5.82 Å². The number of carbonyl (C=O) groups excluding carboxylic acids is 1. The number of nitrogens with one attached hydrogen (secondary N) is 1. The lowest BCUT2D eigenvalue weighted by Crippen LogP contribution is -2.16. The first-order valence-electron chi connectivity index (χ1n) is 6.38. The minimum absolute atomic E-state index is 0.296. The molecule has 0 radical (unpaired) electrons. The molecule has 7 heteroatoms. The molecular weight excluding hydrogens is 268 g/mol. The van der Waals surface area contributed by atoms with Crippen molar-refractivity contribution in [2.24, 2.45) is 7.05 Å². The average Bonchev–Trinajstić information content (AvgIpc) is 2.73. The van der Waals surface area contributed by atoms with Crippen molar-refractivity contribution in [3.05, 3.63) is 41.9 Å². The summed E-state index contributed by atoms with van der Waals surface area (Å²) in [6.45, 7) is 1.79. The Bertz CT molecular complexity index is 833.